The summed E-state index contributed by atoms with van der Waals surface area (Å²) in [5, 5.41) is 5.73. The second-order valence-electron chi connectivity index (χ2n) is 9.06. The van der Waals surface area contributed by atoms with Crippen LogP contribution in [-0.2, 0) is 20.9 Å². The Morgan fingerprint density at radius 2 is 1.80 bits per heavy atom. The van der Waals surface area contributed by atoms with Gasteiger partial charge in [-0.3, -0.25) is 19.3 Å². The fourth-order valence-corrected chi connectivity index (χ4v) is 5.33. The molecule has 1 atom stereocenters. The summed E-state index contributed by atoms with van der Waals surface area (Å²) in [5.41, 5.74) is 2.13. The molecule has 40 heavy (non-hydrogen) atoms. The molecule has 0 aromatic heterocycles. The zero-order valence-corrected chi connectivity index (χ0v) is 21.7. The monoisotopic (exact) mass is 559 g/mol. The second kappa shape index (κ2) is 10.8. The molecular weight excluding hydrogens is 537 g/mol. The summed E-state index contributed by atoms with van der Waals surface area (Å²) in [4.78, 5) is 49.1. The highest BCUT2D eigenvalue weighted by atomic mass is 32.2. The molecule has 0 bridgehead atoms. The van der Waals surface area contributed by atoms with Gasteiger partial charge in [-0.1, -0.05) is 42.1 Å². The topological polar surface area (TPSA) is 122 Å². The number of nitrogens with one attached hydrogen (secondary N) is 2. The average molecular weight is 560 g/mol. The van der Waals surface area contributed by atoms with Crippen LogP contribution < -0.4 is 20.1 Å². The smallest absolute Gasteiger partial charge is 0.271 e. The minimum Gasteiger partial charge on any atom is -0.454 e. The molecule has 3 aromatic carbocycles. The predicted molar refractivity (Wildman–Crippen MR) is 147 cm³/mol. The number of hydrogen-bond donors (Lipinski definition) is 2. The van der Waals surface area contributed by atoms with Crippen molar-refractivity contribution in [3.63, 3.8) is 0 Å². The number of amidine groups is 2. The number of carbonyl (C=O) groups excluding carboxylic acids is 3. The molecule has 3 amide bonds. The number of hydrogen-bond acceptors (Lipinski definition) is 8. The Labute approximate surface area is 232 Å². The van der Waals surface area contributed by atoms with E-state index < -0.39 is 23.7 Å². The first-order chi connectivity index (χ1) is 19.5. The number of nitrogens with zero attached hydrogens (tertiary/aromatic N) is 3. The normalized spacial score (nSPS) is 16.6. The number of para-hydroxylation sites is 2. The maximum atomic E-state index is 14.0. The molecule has 6 rings (SSSR count). The molecule has 10 nitrogen and oxygen atoms in total. The van der Waals surface area contributed by atoms with E-state index in [0.29, 0.717) is 33.8 Å². The molecule has 0 fully saturated rings. The summed E-state index contributed by atoms with van der Waals surface area (Å²) < 4.78 is 24.7. The summed E-state index contributed by atoms with van der Waals surface area (Å²) in [6, 6.07) is 17.5. The van der Waals surface area contributed by atoms with Crippen molar-refractivity contribution in [3.8, 4) is 11.5 Å². The van der Waals surface area contributed by atoms with Gasteiger partial charge in [0, 0.05) is 12.1 Å². The van der Waals surface area contributed by atoms with Crippen LogP contribution in [0.5, 0.6) is 11.5 Å². The first kappa shape index (κ1) is 25.6. The van der Waals surface area contributed by atoms with Crippen molar-refractivity contribution in [2.45, 2.75) is 19.0 Å². The summed E-state index contributed by atoms with van der Waals surface area (Å²) >= 11 is 1.08. The lowest BCUT2D eigenvalue weighted by Crippen LogP contribution is -2.46. The Morgan fingerprint density at radius 3 is 2.67 bits per heavy atom. The molecule has 3 aromatic rings. The number of rotatable bonds is 7. The number of halogens is 1. The molecule has 0 radical (unpaired) electrons. The Hall–Kier alpha value is -4.71. The zero-order valence-electron chi connectivity index (χ0n) is 20.9. The van der Waals surface area contributed by atoms with Gasteiger partial charge in [0.1, 0.15) is 17.7 Å². The van der Waals surface area contributed by atoms with E-state index in [4.69, 9.17) is 9.47 Å². The van der Waals surface area contributed by atoms with Gasteiger partial charge in [0.05, 0.1) is 23.5 Å². The third-order valence-corrected chi connectivity index (χ3v) is 7.35. The van der Waals surface area contributed by atoms with Crippen LogP contribution in [0.4, 0.5) is 15.8 Å². The number of amides is 3. The van der Waals surface area contributed by atoms with Crippen molar-refractivity contribution < 1.29 is 28.2 Å². The third-order valence-electron chi connectivity index (χ3n) is 6.39. The number of fused-ring (bicyclic) bond motifs is 4. The van der Waals surface area contributed by atoms with E-state index >= 15 is 0 Å². The molecule has 1 unspecified atom stereocenters. The Morgan fingerprint density at radius 1 is 1.00 bits per heavy atom. The minimum atomic E-state index is -0.930. The summed E-state index contributed by atoms with van der Waals surface area (Å²) in [6.07, 6.45) is -0.167. The van der Waals surface area contributed by atoms with Crippen molar-refractivity contribution in [3.05, 3.63) is 83.7 Å². The first-order valence-corrected chi connectivity index (χ1v) is 13.4. The van der Waals surface area contributed by atoms with E-state index in [9.17, 15) is 18.8 Å². The molecule has 0 spiro atoms. The molecule has 2 N–H and O–H groups in total. The average Bonchev–Trinajstić information content (AvgIpc) is 3.56. The molecule has 3 aliphatic heterocycles. The fourth-order valence-electron chi connectivity index (χ4n) is 4.48. The summed E-state index contributed by atoms with van der Waals surface area (Å²) in [6.45, 7) is 0.391. The Balaban J connectivity index is 1.16. The van der Waals surface area contributed by atoms with Crippen molar-refractivity contribution in [1.82, 2.24) is 10.2 Å². The second-order valence-corrected chi connectivity index (χ2v) is 10.00. The van der Waals surface area contributed by atoms with Crippen LogP contribution in [-0.4, -0.2) is 52.2 Å². The van der Waals surface area contributed by atoms with Crippen LogP contribution in [0.2, 0.25) is 0 Å². The van der Waals surface area contributed by atoms with Gasteiger partial charge in [0.2, 0.25) is 18.6 Å². The van der Waals surface area contributed by atoms with E-state index in [1.807, 2.05) is 18.2 Å². The highest BCUT2D eigenvalue weighted by molar-refractivity contribution is 8.14. The fraction of sp³-hybridized carbons (Fsp3) is 0.179. The van der Waals surface area contributed by atoms with Crippen LogP contribution in [0.25, 0.3) is 0 Å². The minimum absolute atomic E-state index is 0.0691. The van der Waals surface area contributed by atoms with E-state index in [1.165, 1.54) is 18.2 Å². The number of ether oxygens (including phenoxy) is 2. The van der Waals surface area contributed by atoms with Crippen LogP contribution >= 0.6 is 11.8 Å². The van der Waals surface area contributed by atoms with Crippen molar-refractivity contribution in [2.75, 3.05) is 17.9 Å². The summed E-state index contributed by atoms with van der Waals surface area (Å²) in [5.74, 6) is -0.289. The lowest BCUT2D eigenvalue weighted by Gasteiger charge is -2.30. The number of anilines is 1. The van der Waals surface area contributed by atoms with Crippen LogP contribution in [0.1, 0.15) is 17.5 Å². The van der Waals surface area contributed by atoms with Gasteiger partial charge in [0.15, 0.2) is 16.7 Å². The van der Waals surface area contributed by atoms with Crippen molar-refractivity contribution in [2.24, 2.45) is 9.98 Å². The first-order valence-electron chi connectivity index (χ1n) is 12.4. The molecule has 3 aliphatic rings. The van der Waals surface area contributed by atoms with Crippen LogP contribution in [0, 0.1) is 5.82 Å². The van der Waals surface area contributed by atoms with Gasteiger partial charge in [0.25, 0.3) is 5.91 Å². The number of thioether (sulfide) groups is 1. The standard InChI is InChI=1S/C28H22FN5O5S/c29-18-6-2-4-8-20(18)31-25(36)14-40-28-32-19-7-3-1-5-17(19)26-33-27(37)21(34(26)28)12-24(35)30-13-16-9-10-22-23(11-16)39-15-38-22/h1-11,21H,12-15H2,(H,30,35)(H,31,36). The maximum absolute atomic E-state index is 14.0. The largest absolute Gasteiger partial charge is 0.454 e. The van der Waals surface area contributed by atoms with E-state index in [-0.39, 0.29) is 37.1 Å². The zero-order chi connectivity index (χ0) is 27.6. The summed E-state index contributed by atoms with van der Waals surface area (Å²) in [7, 11) is 0. The van der Waals surface area contributed by atoms with E-state index in [0.717, 1.165) is 17.3 Å². The van der Waals surface area contributed by atoms with E-state index in [2.05, 4.69) is 20.6 Å². The Kier molecular flexibility index (Phi) is 6.91. The number of benzene rings is 3. The van der Waals surface area contributed by atoms with Gasteiger partial charge in [-0.25, -0.2) is 9.38 Å². The number of carbonyl (C=O) groups is 3. The quantitative estimate of drug-likeness (QED) is 0.454. The molecule has 3 heterocycles. The van der Waals surface area contributed by atoms with Crippen LogP contribution in [0.15, 0.2) is 76.7 Å². The lowest BCUT2D eigenvalue weighted by molar-refractivity contribution is -0.126. The van der Waals surface area contributed by atoms with Gasteiger partial charge < -0.3 is 20.1 Å². The van der Waals surface area contributed by atoms with Crippen molar-refractivity contribution >= 4 is 51.9 Å². The number of aliphatic imine (C=N–C) groups is 2. The molecule has 0 saturated carbocycles. The van der Waals surface area contributed by atoms with E-state index in [1.54, 1.807) is 35.2 Å². The predicted octanol–water partition coefficient (Wildman–Crippen LogP) is 3.59. The van der Waals surface area contributed by atoms with Gasteiger partial charge >= 0.3 is 0 Å². The highest BCUT2D eigenvalue weighted by Crippen LogP contribution is 2.35. The molecule has 0 saturated heterocycles. The maximum Gasteiger partial charge on any atom is 0.271 e. The van der Waals surface area contributed by atoms with Crippen molar-refractivity contribution in [1.29, 1.82) is 0 Å². The highest BCUT2D eigenvalue weighted by Gasteiger charge is 2.42. The lowest BCUT2D eigenvalue weighted by atomic mass is 10.1. The van der Waals surface area contributed by atoms with Gasteiger partial charge in [-0.05, 0) is 42.0 Å². The molecule has 0 aliphatic carbocycles. The van der Waals surface area contributed by atoms with Gasteiger partial charge in [-0.2, -0.15) is 4.99 Å². The van der Waals surface area contributed by atoms with Gasteiger partial charge in [-0.15, -0.1) is 0 Å². The third kappa shape index (κ3) is 5.13. The Bertz CT molecular complexity index is 1590. The molecular formula is C28H22FN5O5S. The van der Waals surface area contributed by atoms with Crippen LogP contribution in [0.3, 0.4) is 0 Å². The molecule has 12 heteroatoms. The molecule has 202 valence electrons. The SMILES string of the molecule is O=C(CC1C(=O)N=C2c3ccccc3N=C(SCC(=O)Nc3ccccc3F)N21)NCc1ccc2c(c1)OCO2.